The van der Waals surface area contributed by atoms with E-state index in [1.54, 1.807) is 18.3 Å². The summed E-state index contributed by atoms with van der Waals surface area (Å²) in [5.74, 6) is 2.35. The zero-order chi connectivity index (χ0) is 20.1. The maximum atomic E-state index is 12.5. The van der Waals surface area contributed by atoms with Crippen LogP contribution in [0, 0.1) is 17.3 Å². The number of ether oxygens (including phenoxy) is 2. The Kier molecular flexibility index (Phi) is 5.86. The van der Waals surface area contributed by atoms with Gasteiger partial charge in [0.15, 0.2) is 0 Å². The fraction of sp³-hybridized carbons (Fsp3) is 0.348. The van der Waals surface area contributed by atoms with E-state index in [-0.39, 0.29) is 29.8 Å². The molecule has 1 fully saturated rings. The van der Waals surface area contributed by atoms with Crippen molar-refractivity contribution < 1.29 is 23.5 Å². The van der Waals surface area contributed by atoms with Gasteiger partial charge >= 0.3 is 5.97 Å². The summed E-state index contributed by atoms with van der Waals surface area (Å²) in [6, 6.07) is 11.9. The van der Waals surface area contributed by atoms with Crippen molar-refractivity contribution in [3.63, 3.8) is 0 Å². The molecule has 0 saturated heterocycles. The molecule has 5 nitrogen and oxygen atoms in total. The molecule has 1 heterocycles. The first-order valence-electron chi connectivity index (χ1n) is 9.19. The first-order valence-corrected chi connectivity index (χ1v) is 9.19. The zero-order valence-electron chi connectivity index (χ0n) is 16.3. The van der Waals surface area contributed by atoms with Gasteiger partial charge in [-0.2, -0.15) is 0 Å². The highest BCUT2D eigenvalue weighted by molar-refractivity contribution is 5.78. The lowest BCUT2D eigenvalue weighted by atomic mass is 10.1. The van der Waals surface area contributed by atoms with Crippen molar-refractivity contribution in [1.82, 2.24) is 0 Å². The SMILES string of the molecule is COC(C=C=O)=CC1C(C(=O)OCc2coc(Cc3ccccc3)c2)C1(C)C. The van der Waals surface area contributed by atoms with Gasteiger partial charge in [0.1, 0.15) is 24.1 Å². The summed E-state index contributed by atoms with van der Waals surface area (Å²) in [7, 11) is 1.48. The Labute approximate surface area is 164 Å². The number of rotatable bonds is 8. The topological polar surface area (TPSA) is 65.7 Å². The number of allylic oxidation sites excluding steroid dienone is 2. The van der Waals surface area contributed by atoms with E-state index in [1.807, 2.05) is 50.2 Å². The van der Waals surface area contributed by atoms with Crippen molar-refractivity contribution in [2.75, 3.05) is 7.11 Å². The van der Waals surface area contributed by atoms with Crippen molar-refractivity contribution in [2.45, 2.75) is 26.9 Å². The Morgan fingerprint density at radius 2 is 2.00 bits per heavy atom. The van der Waals surface area contributed by atoms with Gasteiger partial charge in [-0.15, -0.1) is 0 Å². The van der Waals surface area contributed by atoms with Gasteiger partial charge < -0.3 is 13.9 Å². The number of carbonyl (C=O) groups is 1. The number of hydrogen-bond donors (Lipinski definition) is 0. The average Bonchev–Trinajstić information content (AvgIpc) is 3.00. The second-order valence-corrected chi connectivity index (χ2v) is 7.55. The minimum absolute atomic E-state index is 0.0439. The summed E-state index contributed by atoms with van der Waals surface area (Å²) in [6.45, 7) is 4.16. The minimum atomic E-state index is -0.270. The van der Waals surface area contributed by atoms with Crippen molar-refractivity contribution in [3.8, 4) is 0 Å². The van der Waals surface area contributed by atoms with Gasteiger partial charge in [0.2, 0.25) is 0 Å². The molecule has 0 bridgehead atoms. The number of benzene rings is 1. The third-order valence-corrected chi connectivity index (χ3v) is 5.26. The highest BCUT2D eigenvalue weighted by Gasteiger charge is 2.61. The standard InChI is InChI=1S/C23H24O5/c1-23(2)20(13-18(26-3)9-10-24)21(23)22(25)28-15-17-12-19(27-14-17)11-16-7-5-4-6-8-16/h4-9,12-14,20-21H,11,15H2,1-3H3. The smallest absolute Gasteiger partial charge is 0.310 e. The van der Waals surface area contributed by atoms with Gasteiger partial charge in [-0.25, -0.2) is 4.79 Å². The molecule has 5 heteroatoms. The zero-order valence-corrected chi connectivity index (χ0v) is 16.3. The van der Waals surface area contributed by atoms with Crippen LogP contribution < -0.4 is 0 Å². The molecule has 2 aromatic rings. The van der Waals surface area contributed by atoms with Crippen LogP contribution in [-0.2, 0) is 32.1 Å². The molecule has 1 aliphatic rings. The maximum Gasteiger partial charge on any atom is 0.310 e. The number of hydrogen-bond acceptors (Lipinski definition) is 5. The van der Waals surface area contributed by atoms with Crippen LogP contribution in [0.2, 0.25) is 0 Å². The lowest BCUT2D eigenvalue weighted by Gasteiger charge is -2.03. The molecule has 1 aromatic carbocycles. The monoisotopic (exact) mass is 380 g/mol. The molecule has 1 aliphatic carbocycles. The first-order chi connectivity index (χ1) is 13.5. The molecule has 2 unspecified atom stereocenters. The van der Waals surface area contributed by atoms with Crippen molar-refractivity contribution in [2.24, 2.45) is 17.3 Å². The lowest BCUT2D eigenvalue weighted by Crippen LogP contribution is -2.10. The van der Waals surface area contributed by atoms with Gasteiger partial charge in [-0.1, -0.05) is 44.2 Å². The van der Waals surface area contributed by atoms with Crippen molar-refractivity contribution in [3.05, 3.63) is 77.5 Å². The molecular formula is C23H24O5. The lowest BCUT2D eigenvalue weighted by molar-refractivity contribution is -0.147. The molecule has 1 aromatic heterocycles. The minimum Gasteiger partial charge on any atom is -0.496 e. The fourth-order valence-corrected chi connectivity index (χ4v) is 3.48. The summed E-state index contributed by atoms with van der Waals surface area (Å²) in [5, 5.41) is 0. The largest absolute Gasteiger partial charge is 0.496 e. The van der Waals surface area contributed by atoms with Gasteiger partial charge in [0, 0.05) is 17.9 Å². The molecule has 3 rings (SSSR count). The normalized spacial score (nSPS) is 20.2. The van der Waals surface area contributed by atoms with Crippen LogP contribution in [0.1, 0.15) is 30.7 Å². The highest BCUT2D eigenvalue weighted by Crippen LogP contribution is 2.59. The number of carbonyl (C=O) groups excluding carboxylic acids is 2. The summed E-state index contributed by atoms with van der Waals surface area (Å²) >= 11 is 0. The molecular weight excluding hydrogens is 356 g/mol. The second-order valence-electron chi connectivity index (χ2n) is 7.55. The molecule has 0 amide bonds. The maximum absolute atomic E-state index is 12.5. The van der Waals surface area contributed by atoms with Crippen LogP contribution in [-0.4, -0.2) is 19.0 Å². The van der Waals surface area contributed by atoms with E-state index in [0.29, 0.717) is 12.2 Å². The van der Waals surface area contributed by atoms with E-state index in [9.17, 15) is 9.59 Å². The van der Waals surface area contributed by atoms with Gasteiger partial charge in [0.25, 0.3) is 0 Å². The Balaban J connectivity index is 1.56. The van der Waals surface area contributed by atoms with Crippen molar-refractivity contribution >= 4 is 11.9 Å². The highest BCUT2D eigenvalue weighted by atomic mass is 16.5. The molecule has 28 heavy (non-hydrogen) atoms. The van der Waals surface area contributed by atoms with Crippen LogP contribution in [0.15, 0.2) is 65.0 Å². The second kappa shape index (κ2) is 8.32. The van der Waals surface area contributed by atoms with E-state index in [0.717, 1.165) is 16.9 Å². The third kappa shape index (κ3) is 4.44. The molecule has 0 aliphatic heterocycles. The van der Waals surface area contributed by atoms with Crippen LogP contribution >= 0.6 is 0 Å². The summed E-state index contributed by atoms with van der Waals surface area (Å²) < 4.78 is 16.2. The van der Waals surface area contributed by atoms with Crippen LogP contribution in [0.4, 0.5) is 0 Å². The Hall–Kier alpha value is -3.04. The predicted molar refractivity (Wildman–Crippen MR) is 104 cm³/mol. The average molecular weight is 380 g/mol. The first kappa shape index (κ1) is 19.7. The van der Waals surface area contributed by atoms with E-state index in [1.165, 1.54) is 13.2 Å². The molecule has 0 N–H and O–H groups in total. The Morgan fingerprint density at radius 3 is 2.68 bits per heavy atom. The van der Waals surface area contributed by atoms with Crippen LogP contribution in [0.5, 0.6) is 0 Å². The van der Waals surface area contributed by atoms with Gasteiger partial charge in [0.05, 0.1) is 25.4 Å². The fourth-order valence-electron chi connectivity index (χ4n) is 3.48. The predicted octanol–water partition coefficient (Wildman–Crippen LogP) is 4.10. The van der Waals surface area contributed by atoms with Gasteiger partial charge in [-0.3, -0.25) is 4.79 Å². The number of methoxy groups -OCH3 is 1. The van der Waals surface area contributed by atoms with Crippen LogP contribution in [0.25, 0.3) is 0 Å². The van der Waals surface area contributed by atoms with Crippen molar-refractivity contribution in [1.29, 1.82) is 0 Å². The Bertz CT molecular complexity index is 900. The number of furan rings is 1. The molecule has 0 radical (unpaired) electrons. The molecule has 1 saturated carbocycles. The molecule has 146 valence electrons. The summed E-state index contributed by atoms with van der Waals surface area (Å²) in [6.07, 6.45) is 5.32. The summed E-state index contributed by atoms with van der Waals surface area (Å²) in [4.78, 5) is 23.0. The van der Waals surface area contributed by atoms with E-state index >= 15 is 0 Å². The molecule has 0 spiro atoms. The van der Waals surface area contributed by atoms with E-state index < -0.39 is 0 Å². The quantitative estimate of drug-likeness (QED) is 0.298. The third-order valence-electron chi connectivity index (χ3n) is 5.26. The van der Waals surface area contributed by atoms with Crippen LogP contribution in [0.3, 0.4) is 0 Å². The summed E-state index contributed by atoms with van der Waals surface area (Å²) in [5.41, 5.74) is 1.74. The Morgan fingerprint density at radius 1 is 1.25 bits per heavy atom. The molecule has 2 atom stereocenters. The van der Waals surface area contributed by atoms with E-state index in [2.05, 4.69) is 0 Å². The van der Waals surface area contributed by atoms with E-state index in [4.69, 9.17) is 13.9 Å². The number of esters is 1. The van der Waals surface area contributed by atoms with Gasteiger partial charge in [-0.05, 0) is 23.1 Å².